The van der Waals surface area contributed by atoms with Crippen LogP contribution in [0.15, 0.2) is 80.6 Å². The SMILES string of the molecule is Cc1ccc(C(=O)Nc2ccc3oc(=O)ccc3c2)cc1NC(=O)c1ccco1. The molecule has 0 aliphatic rings. The smallest absolute Gasteiger partial charge is 0.336 e. The Kier molecular flexibility index (Phi) is 4.70. The van der Waals surface area contributed by atoms with Gasteiger partial charge in [0.1, 0.15) is 5.58 Å². The Morgan fingerprint density at radius 3 is 2.55 bits per heavy atom. The van der Waals surface area contributed by atoms with Gasteiger partial charge in [-0.05, 0) is 61.0 Å². The van der Waals surface area contributed by atoms with Crippen molar-refractivity contribution in [2.24, 2.45) is 0 Å². The minimum absolute atomic E-state index is 0.182. The van der Waals surface area contributed by atoms with Gasteiger partial charge in [0.2, 0.25) is 0 Å². The molecule has 0 aliphatic heterocycles. The van der Waals surface area contributed by atoms with Gasteiger partial charge in [-0.3, -0.25) is 9.59 Å². The number of carbonyl (C=O) groups excluding carboxylic acids is 2. The van der Waals surface area contributed by atoms with E-state index in [9.17, 15) is 14.4 Å². The molecule has 0 radical (unpaired) electrons. The third kappa shape index (κ3) is 3.93. The van der Waals surface area contributed by atoms with E-state index in [-0.39, 0.29) is 11.7 Å². The summed E-state index contributed by atoms with van der Waals surface area (Å²) in [5, 5.41) is 6.24. The highest BCUT2D eigenvalue weighted by atomic mass is 16.4. The number of hydrogen-bond acceptors (Lipinski definition) is 5. The maximum Gasteiger partial charge on any atom is 0.336 e. The molecule has 0 saturated heterocycles. The van der Waals surface area contributed by atoms with Gasteiger partial charge in [-0.25, -0.2) is 4.79 Å². The fraction of sp³-hybridized carbons (Fsp3) is 0.0455. The van der Waals surface area contributed by atoms with Crippen LogP contribution in [-0.2, 0) is 0 Å². The summed E-state index contributed by atoms with van der Waals surface area (Å²) in [5.74, 6) is -0.552. The van der Waals surface area contributed by atoms with Gasteiger partial charge < -0.3 is 19.5 Å². The molecule has 2 aromatic carbocycles. The summed E-state index contributed by atoms with van der Waals surface area (Å²) in [7, 11) is 0. The summed E-state index contributed by atoms with van der Waals surface area (Å²) >= 11 is 0. The summed E-state index contributed by atoms with van der Waals surface area (Å²) in [5.41, 5.74) is 2.26. The van der Waals surface area contributed by atoms with E-state index in [1.54, 1.807) is 54.6 Å². The van der Waals surface area contributed by atoms with Gasteiger partial charge in [0.05, 0.1) is 6.26 Å². The van der Waals surface area contributed by atoms with Crippen molar-refractivity contribution in [3.8, 4) is 0 Å². The first-order valence-electron chi connectivity index (χ1n) is 8.80. The molecule has 2 amide bonds. The zero-order valence-electron chi connectivity index (χ0n) is 15.4. The fourth-order valence-corrected chi connectivity index (χ4v) is 2.84. The van der Waals surface area contributed by atoms with E-state index in [1.165, 1.54) is 12.3 Å². The Hall–Kier alpha value is -4.13. The lowest BCUT2D eigenvalue weighted by molar-refractivity contribution is 0.0993. The summed E-state index contributed by atoms with van der Waals surface area (Å²) in [4.78, 5) is 36.1. The second-order valence-corrected chi connectivity index (χ2v) is 6.42. The minimum Gasteiger partial charge on any atom is -0.459 e. The zero-order valence-corrected chi connectivity index (χ0v) is 15.4. The third-order valence-corrected chi connectivity index (χ3v) is 4.37. The number of rotatable bonds is 4. The largest absolute Gasteiger partial charge is 0.459 e. The Balaban J connectivity index is 1.55. The lowest BCUT2D eigenvalue weighted by atomic mass is 10.1. The van der Waals surface area contributed by atoms with Crippen LogP contribution in [0.5, 0.6) is 0 Å². The number of amides is 2. The molecule has 2 aromatic heterocycles. The molecule has 29 heavy (non-hydrogen) atoms. The second-order valence-electron chi connectivity index (χ2n) is 6.42. The first-order valence-corrected chi connectivity index (χ1v) is 8.80. The Morgan fingerprint density at radius 1 is 0.897 bits per heavy atom. The standard InChI is InChI=1S/C22H16N2O5/c1-13-4-5-15(12-17(13)24-22(27)19-3-2-10-28-19)21(26)23-16-7-8-18-14(11-16)6-9-20(25)29-18/h2-12H,1H3,(H,23,26)(H,24,27). The van der Waals surface area contributed by atoms with E-state index in [2.05, 4.69) is 10.6 Å². The molecule has 2 N–H and O–H groups in total. The van der Waals surface area contributed by atoms with Gasteiger partial charge in [0.15, 0.2) is 5.76 Å². The average molecular weight is 388 g/mol. The molecular formula is C22H16N2O5. The molecule has 0 fully saturated rings. The first kappa shape index (κ1) is 18.2. The summed E-state index contributed by atoms with van der Waals surface area (Å²) in [6.45, 7) is 1.83. The quantitative estimate of drug-likeness (QED) is 0.510. The summed E-state index contributed by atoms with van der Waals surface area (Å²) < 4.78 is 10.2. The van der Waals surface area contributed by atoms with Crippen LogP contribution in [0.25, 0.3) is 11.0 Å². The number of furan rings is 1. The van der Waals surface area contributed by atoms with Crippen LogP contribution in [-0.4, -0.2) is 11.8 Å². The number of carbonyl (C=O) groups is 2. The molecule has 4 rings (SSSR count). The van der Waals surface area contributed by atoms with Crippen LogP contribution >= 0.6 is 0 Å². The highest BCUT2D eigenvalue weighted by molar-refractivity contribution is 6.07. The maximum atomic E-state index is 12.7. The predicted molar refractivity (Wildman–Crippen MR) is 108 cm³/mol. The van der Waals surface area contributed by atoms with Gasteiger partial charge >= 0.3 is 5.63 Å². The predicted octanol–water partition coefficient (Wildman–Crippen LogP) is 4.20. The number of fused-ring (bicyclic) bond motifs is 1. The van der Waals surface area contributed by atoms with E-state index in [0.717, 1.165) is 5.56 Å². The van der Waals surface area contributed by atoms with Gasteiger partial charge in [0.25, 0.3) is 11.8 Å². The third-order valence-electron chi connectivity index (χ3n) is 4.37. The molecule has 0 aliphatic carbocycles. The molecule has 2 heterocycles. The highest BCUT2D eigenvalue weighted by Crippen LogP contribution is 2.21. The van der Waals surface area contributed by atoms with Crippen molar-refractivity contribution in [3.63, 3.8) is 0 Å². The Morgan fingerprint density at radius 2 is 1.76 bits per heavy atom. The number of nitrogens with one attached hydrogen (secondary N) is 2. The van der Waals surface area contributed by atoms with E-state index in [4.69, 9.17) is 8.83 Å². The van der Waals surface area contributed by atoms with Crippen molar-refractivity contribution in [2.75, 3.05) is 10.6 Å². The second kappa shape index (κ2) is 7.47. The van der Waals surface area contributed by atoms with Gasteiger partial charge in [-0.1, -0.05) is 6.07 Å². The van der Waals surface area contributed by atoms with E-state index >= 15 is 0 Å². The van der Waals surface area contributed by atoms with E-state index in [0.29, 0.717) is 27.9 Å². The molecule has 0 saturated carbocycles. The molecule has 0 spiro atoms. The van der Waals surface area contributed by atoms with Crippen molar-refractivity contribution < 1.29 is 18.4 Å². The fourth-order valence-electron chi connectivity index (χ4n) is 2.84. The highest BCUT2D eigenvalue weighted by Gasteiger charge is 2.13. The van der Waals surface area contributed by atoms with Crippen molar-refractivity contribution in [1.29, 1.82) is 0 Å². The molecule has 0 unspecified atom stereocenters. The van der Waals surface area contributed by atoms with Crippen LogP contribution < -0.4 is 16.3 Å². The lowest BCUT2D eigenvalue weighted by Crippen LogP contribution is -2.15. The van der Waals surface area contributed by atoms with Crippen molar-refractivity contribution in [1.82, 2.24) is 0 Å². The Bertz CT molecular complexity index is 1270. The lowest BCUT2D eigenvalue weighted by Gasteiger charge is -2.11. The average Bonchev–Trinajstić information content (AvgIpc) is 3.24. The summed E-state index contributed by atoms with van der Waals surface area (Å²) in [6, 6.07) is 16.1. The van der Waals surface area contributed by atoms with Crippen molar-refractivity contribution >= 4 is 34.2 Å². The monoisotopic (exact) mass is 388 g/mol. The maximum absolute atomic E-state index is 12.7. The molecule has 144 valence electrons. The van der Waals surface area contributed by atoms with Crippen LogP contribution in [0.3, 0.4) is 0 Å². The number of anilines is 2. The van der Waals surface area contributed by atoms with Gasteiger partial charge in [0, 0.05) is 28.4 Å². The van der Waals surface area contributed by atoms with Gasteiger partial charge in [-0.2, -0.15) is 0 Å². The van der Waals surface area contributed by atoms with Crippen LogP contribution in [0.2, 0.25) is 0 Å². The molecule has 4 aromatic rings. The van der Waals surface area contributed by atoms with E-state index < -0.39 is 11.5 Å². The van der Waals surface area contributed by atoms with Crippen molar-refractivity contribution in [3.05, 3.63) is 94.2 Å². The van der Waals surface area contributed by atoms with E-state index in [1.807, 2.05) is 6.92 Å². The number of aryl methyl sites for hydroxylation is 1. The molecule has 7 heteroatoms. The topological polar surface area (TPSA) is 102 Å². The molecule has 7 nitrogen and oxygen atoms in total. The molecule has 0 bridgehead atoms. The summed E-state index contributed by atoms with van der Waals surface area (Å²) in [6.07, 6.45) is 1.42. The molecule has 0 atom stereocenters. The minimum atomic E-state index is -0.432. The number of benzene rings is 2. The van der Waals surface area contributed by atoms with Gasteiger partial charge in [-0.15, -0.1) is 0 Å². The van der Waals surface area contributed by atoms with Crippen LogP contribution in [0, 0.1) is 6.92 Å². The van der Waals surface area contributed by atoms with Crippen molar-refractivity contribution in [2.45, 2.75) is 6.92 Å². The molecular weight excluding hydrogens is 372 g/mol. The number of hydrogen-bond donors (Lipinski definition) is 2. The normalized spacial score (nSPS) is 10.7. The first-order chi connectivity index (χ1) is 14.0. The zero-order chi connectivity index (χ0) is 20.4. The van der Waals surface area contributed by atoms with Crippen LogP contribution in [0.1, 0.15) is 26.5 Å². The van der Waals surface area contributed by atoms with Crippen LogP contribution in [0.4, 0.5) is 11.4 Å². The Labute approximate surface area is 165 Å².